The van der Waals surface area contributed by atoms with Gasteiger partial charge in [-0.3, -0.25) is 4.79 Å². The first-order valence-electron chi connectivity index (χ1n) is 9.80. The van der Waals surface area contributed by atoms with Crippen molar-refractivity contribution in [1.82, 2.24) is 15.3 Å². The van der Waals surface area contributed by atoms with Gasteiger partial charge in [-0.1, -0.05) is 11.6 Å². The maximum Gasteiger partial charge on any atom is 0.253 e. The zero-order valence-corrected chi connectivity index (χ0v) is 16.6. The first-order chi connectivity index (χ1) is 12.8. The van der Waals surface area contributed by atoms with Crippen LogP contribution in [0.2, 0.25) is 5.02 Å². The molecule has 0 atom stereocenters. The van der Waals surface area contributed by atoms with E-state index in [2.05, 4.69) is 15.3 Å². The number of nitrogens with one attached hydrogen (secondary N) is 1. The third-order valence-electron chi connectivity index (χ3n) is 5.94. The van der Waals surface area contributed by atoms with E-state index in [-0.39, 0.29) is 11.9 Å². The second kappa shape index (κ2) is 7.02. The number of halogens is 1. The van der Waals surface area contributed by atoms with Crippen molar-refractivity contribution in [3.05, 3.63) is 34.6 Å². The number of rotatable bonds is 4. The summed E-state index contributed by atoms with van der Waals surface area (Å²) >= 11 is 6.36. The molecule has 2 aliphatic rings. The van der Waals surface area contributed by atoms with Gasteiger partial charge in [0, 0.05) is 23.5 Å². The molecule has 0 radical (unpaired) electrons. The number of pyridine rings is 2. The van der Waals surface area contributed by atoms with Crippen LogP contribution in [0.15, 0.2) is 18.3 Å². The highest BCUT2D eigenvalue weighted by atomic mass is 35.5. The van der Waals surface area contributed by atoms with Crippen LogP contribution in [0.4, 0.5) is 0 Å². The minimum atomic E-state index is -0.650. The molecule has 27 heavy (non-hydrogen) atoms. The van der Waals surface area contributed by atoms with Gasteiger partial charge in [0.05, 0.1) is 21.9 Å². The lowest BCUT2D eigenvalue weighted by Gasteiger charge is -2.36. The maximum atomic E-state index is 12.7. The van der Waals surface area contributed by atoms with Crippen molar-refractivity contribution in [2.24, 2.45) is 5.92 Å². The third-order valence-corrected chi connectivity index (χ3v) is 6.24. The number of carbonyl (C=O) groups excluding carboxylic acids is 1. The van der Waals surface area contributed by atoms with Gasteiger partial charge in [0.2, 0.25) is 0 Å². The summed E-state index contributed by atoms with van der Waals surface area (Å²) in [5.74, 6) is 0.645. The zero-order chi connectivity index (χ0) is 19.2. The lowest BCUT2D eigenvalue weighted by Crippen LogP contribution is -2.41. The molecule has 144 valence electrons. The third kappa shape index (κ3) is 4.09. The number of amides is 1. The molecule has 0 saturated heterocycles. The Balaban J connectivity index is 1.44. The Morgan fingerprint density at radius 1 is 1.19 bits per heavy atom. The number of nitrogens with zero attached hydrogens (tertiary/aromatic N) is 2. The highest BCUT2D eigenvalue weighted by molar-refractivity contribution is 6.32. The van der Waals surface area contributed by atoms with Crippen molar-refractivity contribution >= 4 is 28.5 Å². The van der Waals surface area contributed by atoms with Crippen LogP contribution in [0, 0.1) is 5.92 Å². The van der Waals surface area contributed by atoms with E-state index in [0.29, 0.717) is 28.1 Å². The van der Waals surface area contributed by atoms with Gasteiger partial charge < -0.3 is 10.4 Å². The average Bonchev–Trinajstić information content (AvgIpc) is 3.45. The number of aliphatic hydroxyl groups is 1. The molecule has 2 saturated carbocycles. The first-order valence-corrected chi connectivity index (χ1v) is 10.2. The van der Waals surface area contributed by atoms with Gasteiger partial charge in [-0.15, -0.1) is 0 Å². The van der Waals surface area contributed by atoms with Crippen LogP contribution in [-0.2, 0) is 0 Å². The second-order valence-electron chi connectivity index (χ2n) is 8.58. The van der Waals surface area contributed by atoms with Gasteiger partial charge in [-0.05, 0) is 70.4 Å². The van der Waals surface area contributed by atoms with E-state index in [9.17, 15) is 9.90 Å². The number of fused-ring (bicyclic) bond motifs is 1. The molecule has 2 aliphatic carbocycles. The molecular formula is C21H26ClN3O2. The quantitative estimate of drug-likeness (QED) is 0.823. The van der Waals surface area contributed by atoms with Crippen LogP contribution < -0.4 is 5.32 Å². The molecule has 0 bridgehead atoms. The molecule has 0 aromatic carbocycles. The van der Waals surface area contributed by atoms with Gasteiger partial charge in [0.15, 0.2) is 5.65 Å². The van der Waals surface area contributed by atoms with E-state index in [1.165, 1.54) is 0 Å². The molecule has 0 aliphatic heterocycles. The topological polar surface area (TPSA) is 75.1 Å². The van der Waals surface area contributed by atoms with Crippen LogP contribution in [0.25, 0.3) is 11.0 Å². The first kappa shape index (κ1) is 18.6. The number of hydrogen-bond acceptors (Lipinski definition) is 4. The fourth-order valence-corrected chi connectivity index (χ4v) is 4.35. The van der Waals surface area contributed by atoms with Crippen LogP contribution in [0.1, 0.15) is 74.3 Å². The molecule has 4 rings (SSSR count). The van der Waals surface area contributed by atoms with Gasteiger partial charge >= 0.3 is 0 Å². The Morgan fingerprint density at radius 2 is 1.89 bits per heavy atom. The van der Waals surface area contributed by atoms with E-state index in [1.54, 1.807) is 6.20 Å². The summed E-state index contributed by atoms with van der Waals surface area (Å²) in [6, 6.07) is 3.83. The molecule has 2 aromatic rings. The number of hydrogen-bond donors (Lipinski definition) is 2. The van der Waals surface area contributed by atoms with Gasteiger partial charge in [0.25, 0.3) is 5.91 Å². The molecule has 5 nitrogen and oxygen atoms in total. The van der Waals surface area contributed by atoms with Gasteiger partial charge in [-0.25, -0.2) is 9.97 Å². The highest BCUT2D eigenvalue weighted by Crippen LogP contribution is 2.42. The fourth-order valence-electron chi connectivity index (χ4n) is 4.03. The lowest BCUT2D eigenvalue weighted by molar-refractivity contribution is -0.00257. The van der Waals surface area contributed by atoms with Crippen LogP contribution in [0.5, 0.6) is 0 Å². The predicted molar refractivity (Wildman–Crippen MR) is 106 cm³/mol. The van der Waals surface area contributed by atoms with E-state index in [4.69, 9.17) is 11.6 Å². The van der Waals surface area contributed by atoms with Crippen molar-refractivity contribution in [1.29, 1.82) is 0 Å². The van der Waals surface area contributed by atoms with Crippen molar-refractivity contribution in [2.45, 2.75) is 69.9 Å². The standard InChI is InChI=1S/C21H26ClN3O2/c1-21(2,27)15-5-7-16(8-6-15)24-20(26)14-9-13-10-17(22)18(12-3-4-12)25-19(13)23-11-14/h9-12,15-16,27H,3-8H2,1-2H3,(H,24,26). The van der Waals surface area contributed by atoms with Crippen LogP contribution in [0.3, 0.4) is 0 Å². The monoisotopic (exact) mass is 387 g/mol. The van der Waals surface area contributed by atoms with E-state index < -0.39 is 5.60 Å². The van der Waals surface area contributed by atoms with Crippen molar-refractivity contribution in [3.63, 3.8) is 0 Å². The molecule has 2 fully saturated rings. The smallest absolute Gasteiger partial charge is 0.253 e. The molecule has 2 aromatic heterocycles. The summed E-state index contributed by atoms with van der Waals surface area (Å²) < 4.78 is 0. The van der Waals surface area contributed by atoms with Crippen molar-refractivity contribution in [3.8, 4) is 0 Å². The van der Waals surface area contributed by atoms with E-state index >= 15 is 0 Å². The second-order valence-corrected chi connectivity index (χ2v) is 8.98. The highest BCUT2D eigenvalue weighted by Gasteiger charge is 2.32. The Kier molecular flexibility index (Phi) is 4.85. The van der Waals surface area contributed by atoms with E-state index in [0.717, 1.165) is 49.6 Å². The molecule has 6 heteroatoms. The average molecular weight is 388 g/mol. The SMILES string of the molecule is CC(C)(O)C1CCC(NC(=O)c2cnc3nc(C4CC4)c(Cl)cc3c2)CC1. The summed E-state index contributed by atoms with van der Waals surface area (Å²) in [7, 11) is 0. The lowest BCUT2D eigenvalue weighted by atomic mass is 9.77. The number of aromatic nitrogens is 2. The van der Waals surface area contributed by atoms with Crippen LogP contribution >= 0.6 is 11.6 Å². The minimum Gasteiger partial charge on any atom is -0.390 e. The molecule has 2 N–H and O–H groups in total. The largest absolute Gasteiger partial charge is 0.390 e. The van der Waals surface area contributed by atoms with Crippen LogP contribution in [-0.4, -0.2) is 32.6 Å². The number of carbonyl (C=O) groups is 1. The molecular weight excluding hydrogens is 362 g/mol. The Bertz CT molecular complexity index is 866. The predicted octanol–water partition coefficient (Wildman–Crippen LogP) is 4.22. The summed E-state index contributed by atoms with van der Waals surface area (Å²) in [6.07, 6.45) is 7.49. The summed E-state index contributed by atoms with van der Waals surface area (Å²) in [4.78, 5) is 21.6. The van der Waals surface area contributed by atoms with Crippen molar-refractivity contribution < 1.29 is 9.90 Å². The Morgan fingerprint density at radius 3 is 2.52 bits per heavy atom. The summed E-state index contributed by atoms with van der Waals surface area (Å²) in [5.41, 5.74) is 1.45. The fraction of sp³-hybridized carbons (Fsp3) is 0.571. The van der Waals surface area contributed by atoms with Crippen molar-refractivity contribution in [2.75, 3.05) is 0 Å². The van der Waals surface area contributed by atoms with Gasteiger partial charge in [-0.2, -0.15) is 0 Å². The summed E-state index contributed by atoms with van der Waals surface area (Å²) in [5, 5.41) is 14.7. The molecule has 1 amide bonds. The Hall–Kier alpha value is -1.72. The van der Waals surface area contributed by atoms with Gasteiger partial charge in [0.1, 0.15) is 0 Å². The molecule has 0 spiro atoms. The normalized spacial score (nSPS) is 23.4. The molecule has 2 heterocycles. The molecule has 0 unspecified atom stereocenters. The Labute approximate surface area is 164 Å². The maximum absolute atomic E-state index is 12.7. The van der Waals surface area contributed by atoms with E-state index in [1.807, 2.05) is 26.0 Å². The zero-order valence-electron chi connectivity index (χ0n) is 15.8. The minimum absolute atomic E-state index is 0.112. The summed E-state index contributed by atoms with van der Waals surface area (Å²) in [6.45, 7) is 3.73.